The summed E-state index contributed by atoms with van der Waals surface area (Å²) in [6.45, 7) is 0. The van der Waals surface area contributed by atoms with Gasteiger partial charge in [0.05, 0.1) is 7.11 Å². The highest BCUT2D eigenvalue weighted by molar-refractivity contribution is 8.00. The zero-order valence-corrected chi connectivity index (χ0v) is 5.23. The van der Waals surface area contributed by atoms with E-state index in [0.717, 1.165) is 0 Å². The van der Waals surface area contributed by atoms with Gasteiger partial charge in [-0.2, -0.15) is 0 Å². The first-order valence-electron chi connectivity index (χ1n) is 2.12. The van der Waals surface area contributed by atoms with Crippen molar-refractivity contribution in [2.24, 2.45) is 5.10 Å². The second kappa shape index (κ2) is 2.61. The summed E-state index contributed by atoms with van der Waals surface area (Å²) in [7, 11) is 1.58. The van der Waals surface area contributed by atoms with Crippen LogP contribution in [0.3, 0.4) is 0 Å². The van der Waals surface area contributed by atoms with Crippen LogP contribution >= 0.6 is 11.9 Å². The molecular formula is C4H6N2OS. The maximum absolute atomic E-state index is 4.78. The molecule has 0 fully saturated rings. The smallest absolute Gasteiger partial charge is 0.231 e. The lowest BCUT2D eigenvalue weighted by Gasteiger charge is -2.02. The van der Waals surface area contributed by atoms with E-state index in [9.17, 15) is 0 Å². The van der Waals surface area contributed by atoms with Crippen LogP contribution in [-0.2, 0) is 4.74 Å². The van der Waals surface area contributed by atoms with E-state index in [-0.39, 0.29) is 0 Å². The molecule has 0 saturated heterocycles. The third kappa shape index (κ3) is 1.16. The molecule has 0 spiro atoms. The van der Waals surface area contributed by atoms with Gasteiger partial charge in [-0.25, -0.2) is 4.83 Å². The largest absolute Gasteiger partial charge is 0.480 e. The number of nitrogens with one attached hydrogen (secondary N) is 1. The molecule has 3 nitrogen and oxygen atoms in total. The van der Waals surface area contributed by atoms with Crippen molar-refractivity contribution in [3.05, 3.63) is 11.5 Å². The molecule has 1 N–H and O–H groups in total. The highest BCUT2D eigenvalue weighted by Crippen LogP contribution is 2.01. The summed E-state index contributed by atoms with van der Waals surface area (Å²) in [5.41, 5.74) is 0. The van der Waals surface area contributed by atoms with E-state index in [1.165, 1.54) is 11.9 Å². The third-order valence-electron chi connectivity index (χ3n) is 0.696. The standard InChI is InChI=1S/C4H6N2OS/c1-7-4-2-3-8-6-5-4/h2-3,6H,1H3. The van der Waals surface area contributed by atoms with Crippen molar-refractivity contribution in [2.45, 2.75) is 0 Å². The van der Waals surface area contributed by atoms with Crippen LogP contribution in [0.25, 0.3) is 0 Å². The summed E-state index contributed by atoms with van der Waals surface area (Å²) < 4.78 is 4.78. The number of ether oxygens (including phenoxy) is 1. The number of methoxy groups -OCH3 is 1. The summed E-state index contributed by atoms with van der Waals surface area (Å²) in [6.07, 6.45) is 1.79. The molecule has 0 unspecified atom stereocenters. The molecule has 1 aliphatic heterocycles. The Kier molecular flexibility index (Phi) is 1.80. The van der Waals surface area contributed by atoms with E-state index in [1.807, 2.05) is 5.41 Å². The minimum atomic E-state index is 0.615. The molecule has 0 aromatic heterocycles. The van der Waals surface area contributed by atoms with Gasteiger partial charge in [-0.1, -0.05) is 0 Å². The van der Waals surface area contributed by atoms with Crippen molar-refractivity contribution in [1.29, 1.82) is 0 Å². The predicted octanol–water partition coefficient (Wildman–Crippen LogP) is 0.711. The Morgan fingerprint density at radius 2 is 2.75 bits per heavy atom. The van der Waals surface area contributed by atoms with Gasteiger partial charge in [0.15, 0.2) is 0 Å². The predicted molar refractivity (Wildman–Crippen MR) is 34.3 cm³/mol. The number of rotatable bonds is 0. The minimum Gasteiger partial charge on any atom is -0.480 e. The van der Waals surface area contributed by atoms with Crippen LogP contribution in [0, 0.1) is 0 Å². The molecule has 8 heavy (non-hydrogen) atoms. The van der Waals surface area contributed by atoms with Gasteiger partial charge in [-0.3, -0.25) is 0 Å². The lowest BCUT2D eigenvalue weighted by molar-refractivity contribution is 0.403. The SMILES string of the molecule is COC1=NNSC=C1. The molecule has 1 heterocycles. The molecule has 0 aromatic rings. The van der Waals surface area contributed by atoms with Crippen molar-refractivity contribution in [3.8, 4) is 0 Å². The van der Waals surface area contributed by atoms with Crippen molar-refractivity contribution in [3.63, 3.8) is 0 Å². The Balaban J connectivity index is 2.51. The number of nitrogens with zero attached hydrogens (tertiary/aromatic N) is 1. The monoisotopic (exact) mass is 130 g/mol. The van der Waals surface area contributed by atoms with Crippen molar-refractivity contribution in [2.75, 3.05) is 7.11 Å². The van der Waals surface area contributed by atoms with Crippen molar-refractivity contribution < 1.29 is 4.74 Å². The van der Waals surface area contributed by atoms with Gasteiger partial charge < -0.3 is 4.74 Å². The van der Waals surface area contributed by atoms with Crippen LogP contribution < -0.4 is 4.83 Å². The van der Waals surface area contributed by atoms with Crippen LogP contribution in [0.15, 0.2) is 16.6 Å². The van der Waals surface area contributed by atoms with Crippen molar-refractivity contribution >= 4 is 17.8 Å². The van der Waals surface area contributed by atoms with Gasteiger partial charge in [-0.15, -0.1) is 5.10 Å². The van der Waals surface area contributed by atoms with E-state index in [2.05, 4.69) is 9.93 Å². The summed E-state index contributed by atoms with van der Waals surface area (Å²) >= 11 is 1.42. The Hall–Kier alpha value is -0.640. The highest BCUT2D eigenvalue weighted by Gasteiger charge is 1.93. The molecule has 0 radical (unpaired) electrons. The maximum atomic E-state index is 4.78. The minimum absolute atomic E-state index is 0.615. The van der Waals surface area contributed by atoms with Crippen LogP contribution in [0.2, 0.25) is 0 Å². The summed E-state index contributed by atoms with van der Waals surface area (Å²) in [6, 6.07) is 0. The fourth-order valence-corrected chi connectivity index (χ4v) is 0.733. The zero-order chi connectivity index (χ0) is 5.82. The molecular weight excluding hydrogens is 124 g/mol. The Labute approximate surface area is 51.9 Å². The Morgan fingerprint density at radius 1 is 1.88 bits per heavy atom. The first kappa shape index (κ1) is 5.50. The van der Waals surface area contributed by atoms with E-state index in [4.69, 9.17) is 4.74 Å². The molecule has 1 aliphatic rings. The average molecular weight is 130 g/mol. The first-order chi connectivity index (χ1) is 3.93. The second-order valence-corrected chi connectivity index (χ2v) is 1.86. The molecule has 0 aliphatic carbocycles. The third-order valence-corrected chi connectivity index (χ3v) is 1.17. The van der Waals surface area contributed by atoms with E-state index >= 15 is 0 Å². The lowest BCUT2D eigenvalue weighted by Crippen LogP contribution is -2.05. The first-order valence-corrected chi connectivity index (χ1v) is 3.00. The number of hydrogen-bond acceptors (Lipinski definition) is 4. The van der Waals surface area contributed by atoms with Crippen LogP contribution in [0.5, 0.6) is 0 Å². The average Bonchev–Trinajstić information content (AvgIpc) is 1.90. The molecule has 1 rings (SSSR count). The van der Waals surface area contributed by atoms with Crippen molar-refractivity contribution in [1.82, 2.24) is 4.83 Å². The molecule has 0 saturated carbocycles. The van der Waals surface area contributed by atoms with Gasteiger partial charge in [-0.05, 0) is 17.4 Å². The van der Waals surface area contributed by atoms with Crippen LogP contribution in [0.1, 0.15) is 0 Å². The quantitative estimate of drug-likeness (QED) is 0.490. The second-order valence-electron chi connectivity index (χ2n) is 1.17. The summed E-state index contributed by atoms with van der Waals surface area (Å²) in [4.78, 5) is 2.68. The molecule has 0 aromatic carbocycles. The molecule has 0 atom stereocenters. The van der Waals surface area contributed by atoms with Gasteiger partial charge in [0.25, 0.3) is 0 Å². The number of hydrogen-bond donors (Lipinski definition) is 1. The molecule has 44 valence electrons. The topological polar surface area (TPSA) is 33.6 Å². The zero-order valence-electron chi connectivity index (χ0n) is 4.42. The summed E-state index contributed by atoms with van der Waals surface area (Å²) in [5.74, 6) is 0.615. The van der Waals surface area contributed by atoms with Crippen LogP contribution in [-0.4, -0.2) is 13.0 Å². The summed E-state index contributed by atoms with van der Waals surface area (Å²) in [5, 5.41) is 5.64. The lowest BCUT2D eigenvalue weighted by atomic mass is 10.6. The normalized spacial score (nSPS) is 16.9. The van der Waals surface area contributed by atoms with E-state index in [1.54, 1.807) is 13.2 Å². The Morgan fingerprint density at radius 3 is 3.12 bits per heavy atom. The van der Waals surface area contributed by atoms with Gasteiger partial charge >= 0.3 is 0 Å². The molecule has 0 bridgehead atoms. The fraction of sp³-hybridized carbons (Fsp3) is 0.250. The molecule has 4 heteroatoms. The van der Waals surface area contributed by atoms with Gasteiger partial charge in [0.2, 0.25) is 5.90 Å². The van der Waals surface area contributed by atoms with Gasteiger partial charge in [0.1, 0.15) is 0 Å². The fourth-order valence-electron chi connectivity index (χ4n) is 0.345. The van der Waals surface area contributed by atoms with E-state index in [0.29, 0.717) is 5.90 Å². The Bertz CT molecular complexity index is 132. The maximum Gasteiger partial charge on any atom is 0.231 e. The van der Waals surface area contributed by atoms with Crippen LogP contribution in [0.4, 0.5) is 0 Å². The van der Waals surface area contributed by atoms with E-state index < -0.39 is 0 Å². The number of hydrazone groups is 1. The van der Waals surface area contributed by atoms with Gasteiger partial charge in [0, 0.05) is 6.08 Å². The highest BCUT2D eigenvalue weighted by atomic mass is 32.2. The molecule has 0 amide bonds.